The largest absolute Gasteiger partial charge is 0.447 e. The number of aromatic nitrogens is 1. The third-order valence-electron chi connectivity index (χ3n) is 5.01. The summed E-state index contributed by atoms with van der Waals surface area (Å²) in [4.78, 5) is 29.9. The lowest BCUT2D eigenvalue weighted by Gasteiger charge is -2.34. The van der Waals surface area contributed by atoms with Crippen molar-refractivity contribution in [1.82, 2.24) is 19.9 Å². The van der Waals surface area contributed by atoms with Gasteiger partial charge < -0.3 is 14.2 Å². The molecule has 1 aromatic rings. The SMILES string of the molecule is O=C(c1cc(CN2CCCCC2)on1)N1CCN2C(=O)OCC2C1. The molecule has 2 amide bonds. The van der Waals surface area contributed by atoms with Gasteiger partial charge in [-0.25, -0.2) is 4.79 Å². The number of piperidine rings is 1. The Morgan fingerprint density at radius 1 is 1.21 bits per heavy atom. The van der Waals surface area contributed by atoms with Crippen molar-refractivity contribution in [2.75, 3.05) is 39.3 Å². The lowest BCUT2D eigenvalue weighted by atomic mass is 10.1. The molecule has 4 heterocycles. The Labute approximate surface area is 140 Å². The van der Waals surface area contributed by atoms with Crippen LogP contribution in [0.25, 0.3) is 0 Å². The second kappa shape index (κ2) is 6.43. The van der Waals surface area contributed by atoms with Gasteiger partial charge in [0.25, 0.3) is 5.91 Å². The summed E-state index contributed by atoms with van der Waals surface area (Å²) in [7, 11) is 0. The molecular formula is C16H22N4O4. The average molecular weight is 334 g/mol. The van der Waals surface area contributed by atoms with Gasteiger partial charge in [-0.15, -0.1) is 0 Å². The molecule has 8 heteroatoms. The van der Waals surface area contributed by atoms with Crippen LogP contribution in [-0.2, 0) is 11.3 Å². The number of cyclic esters (lactones) is 1. The number of rotatable bonds is 3. The van der Waals surface area contributed by atoms with Crippen molar-refractivity contribution in [3.63, 3.8) is 0 Å². The molecule has 3 fully saturated rings. The minimum absolute atomic E-state index is 0.0464. The summed E-state index contributed by atoms with van der Waals surface area (Å²) in [5.74, 6) is 0.598. The summed E-state index contributed by atoms with van der Waals surface area (Å²) < 4.78 is 10.4. The molecule has 0 aromatic carbocycles. The van der Waals surface area contributed by atoms with Gasteiger partial charge in [-0.3, -0.25) is 14.6 Å². The molecule has 0 spiro atoms. The van der Waals surface area contributed by atoms with Gasteiger partial charge >= 0.3 is 6.09 Å². The molecule has 0 saturated carbocycles. The van der Waals surface area contributed by atoms with Gasteiger partial charge in [0.05, 0.1) is 12.6 Å². The van der Waals surface area contributed by atoms with Crippen molar-refractivity contribution in [1.29, 1.82) is 0 Å². The maximum Gasteiger partial charge on any atom is 0.410 e. The van der Waals surface area contributed by atoms with Crippen molar-refractivity contribution in [3.05, 3.63) is 17.5 Å². The Bertz CT molecular complexity index is 625. The van der Waals surface area contributed by atoms with Gasteiger partial charge in [0.2, 0.25) is 0 Å². The Balaban J connectivity index is 1.37. The summed E-state index contributed by atoms with van der Waals surface area (Å²) in [5, 5.41) is 3.95. The van der Waals surface area contributed by atoms with Gasteiger partial charge in [0.15, 0.2) is 11.5 Å². The van der Waals surface area contributed by atoms with Crippen LogP contribution in [0.2, 0.25) is 0 Å². The number of hydrogen-bond donors (Lipinski definition) is 0. The molecule has 1 atom stereocenters. The fraction of sp³-hybridized carbons (Fsp3) is 0.688. The Kier molecular flexibility index (Phi) is 4.13. The second-order valence-corrected chi connectivity index (χ2v) is 6.69. The fourth-order valence-corrected chi connectivity index (χ4v) is 3.66. The van der Waals surface area contributed by atoms with E-state index in [4.69, 9.17) is 9.26 Å². The third kappa shape index (κ3) is 2.98. The van der Waals surface area contributed by atoms with E-state index in [-0.39, 0.29) is 18.0 Å². The van der Waals surface area contributed by atoms with Crippen LogP contribution in [0.5, 0.6) is 0 Å². The smallest absolute Gasteiger partial charge is 0.410 e. The van der Waals surface area contributed by atoms with E-state index in [1.165, 1.54) is 19.3 Å². The third-order valence-corrected chi connectivity index (χ3v) is 5.01. The molecule has 130 valence electrons. The van der Waals surface area contributed by atoms with E-state index in [2.05, 4.69) is 10.1 Å². The van der Waals surface area contributed by atoms with Crippen molar-refractivity contribution in [2.45, 2.75) is 31.8 Å². The van der Waals surface area contributed by atoms with Gasteiger partial charge in [0, 0.05) is 25.7 Å². The van der Waals surface area contributed by atoms with Gasteiger partial charge in [-0.2, -0.15) is 0 Å². The predicted molar refractivity (Wildman–Crippen MR) is 83.4 cm³/mol. The van der Waals surface area contributed by atoms with E-state index in [1.54, 1.807) is 15.9 Å². The molecule has 1 unspecified atom stereocenters. The molecule has 8 nitrogen and oxygen atoms in total. The molecule has 3 aliphatic heterocycles. The maximum atomic E-state index is 12.6. The van der Waals surface area contributed by atoms with Crippen molar-refractivity contribution in [3.8, 4) is 0 Å². The number of fused-ring (bicyclic) bond motifs is 1. The highest BCUT2D eigenvalue weighted by molar-refractivity contribution is 5.92. The van der Waals surface area contributed by atoms with Crippen LogP contribution in [0, 0.1) is 0 Å². The van der Waals surface area contributed by atoms with Crippen LogP contribution in [0.1, 0.15) is 35.5 Å². The second-order valence-electron chi connectivity index (χ2n) is 6.69. The van der Waals surface area contributed by atoms with Crippen molar-refractivity contribution < 1.29 is 18.8 Å². The molecule has 3 aliphatic rings. The first-order chi connectivity index (χ1) is 11.7. The summed E-state index contributed by atoms with van der Waals surface area (Å²) in [5.41, 5.74) is 0.348. The molecule has 4 rings (SSSR count). The van der Waals surface area contributed by atoms with Crippen LogP contribution >= 0.6 is 0 Å². The average Bonchev–Trinajstić information content (AvgIpc) is 3.22. The topological polar surface area (TPSA) is 79.1 Å². The van der Waals surface area contributed by atoms with Crippen LogP contribution < -0.4 is 0 Å². The van der Waals surface area contributed by atoms with Crippen LogP contribution in [0.15, 0.2) is 10.6 Å². The molecule has 0 aliphatic carbocycles. The highest BCUT2D eigenvalue weighted by Crippen LogP contribution is 2.20. The number of hydrogen-bond acceptors (Lipinski definition) is 6. The number of nitrogens with zero attached hydrogens (tertiary/aromatic N) is 4. The highest BCUT2D eigenvalue weighted by atomic mass is 16.6. The molecular weight excluding hydrogens is 312 g/mol. The zero-order valence-electron chi connectivity index (χ0n) is 13.6. The number of carbonyl (C=O) groups is 2. The summed E-state index contributed by atoms with van der Waals surface area (Å²) >= 11 is 0. The zero-order chi connectivity index (χ0) is 16.5. The molecule has 0 bridgehead atoms. The normalized spacial score (nSPS) is 24.8. The van der Waals surface area contributed by atoms with E-state index in [1.807, 2.05) is 0 Å². The highest BCUT2D eigenvalue weighted by Gasteiger charge is 2.39. The number of likely N-dealkylation sites (tertiary alicyclic amines) is 1. The number of piperazine rings is 1. The van der Waals surface area contributed by atoms with Crippen LogP contribution in [0.3, 0.4) is 0 Å². The maximum absolute atomic E-state index is 12.6. The Hall–Kier alpha value is -2.09. The number of ether oxygens (including phenoxy) is 1. The van der Waals surface area contributed by atoms with Gasteiger partial charge in [-0.1, -0.05) is 11.6 Å². The predicted octanol–water partition coefficient (Wildman–Crippen LogP) is 0.937. The van der Waals surface area contributed by atoms with E-state index in [0.29, 0.717) is 38.5 Å². The molecule has 0 radical (unpaired) electrons. The molecule has 24 heavy (non-hydrogen) atoms. The minimum Gasteiger partial charge on any atom is -0.447 e. The number of carbonyl (C=O) groups excluding carboxylic acids is 2. The summed E-state index contributed by atoms with van der Waals surface area (Å²) in [6.45, 7) is 4.69. The van der Waals surface area contributed by atoms with E-state index in [9.17, 15) is 9.59 Å². The summed E-state index contributed by atoms with van der Waals surface area (Å²) in [6, 6.07) is 1.70. The monoisotopic (exact) mass is 334 g/mol. The molecule has 1 aromatic heterocycles. The molecule has 3 saturated heterocycles. The minimum atomic E-state index is -0.280. The van der Waals surface area contributed by atoms with E-state index in [0.717, 1.165) is 18.8 Å². The fourth-order valence-electron chi connectivity index (χ4n) is 3.66. The molecule has 0 N–H and O–H groups in total. The standard InChI is InChI=1S/C16H22N4O4/c21-15(19-6-7-20-12(9-19)11-23-16(20)22)14-8-13(24-17-14)10-18-4-2-1-3-5-18/h8,12H,1-7,9-11H2. The summed E-state index contributed by atoms with van der Waals surface area (Å²) in [6.07, 6.45) is 3.44. The Morgan fingerprint density at radius 2 is 2.04 bits per heavy atom. The lowest BCUT2D eigenvalue weighted by molar-refractivity contribution is 0.0607. The van der Waals surface area contributed by atoms with Crippen LogP contribution in [-0.4, -0.2) is 77.2 Å². The quantitative estimate of drug-likeness (QED) is 0.818. The first-order valence-electron chi connectivity index (χ1n) is 8.61. The first kappa shape index (κ1) is 15.4. The lowest BCUT2D eigenvalue weighted by Crippen LogP contribution is -2.53. The van der Waals surface area contributed by atoms with Crippen LogP contribution in [0.4, 0.5) is 4.79 Å². The number of amides is 2. The van der Waals surface area contributed by atoms with E-state index < -0.39 is 0 Å². The first-order valence-corrected chi connectivity index (χ1v) is 8.61. The van der Waals surface area contributed by atoms with E-state index >= 15 is 0 Å². The van der Waals surface area contributed by atoms with Gasteiger partial charge in [0.1, 0.15) is 6.61 Å². The van der Waals surface area contributed by atoms with Crippen molar-refractivity contribution in [2.24, 2.45) is 0 Å². The van der Waals surface area contributed by atoms with Crippen molar-refractivity contribution >= 4 is 12.0 Å². The zero-order valence-corrected chi connectivity index (χ0v) is 13.6. The van der Waals surface area contributed by atoms with Gasteiger partial charge in [-0.05, 0) is 25.9 Å². The Morgan fingerprint density at radius 3 is 2.88 bits per heavy atom.